The number of anilines is 2. The first kappa shape index (κ1) is 26.7. The molecule has 0 fully saturated rings. The summed E-state index contributed by atoms with van der Waals surface area (Å²) in [4.78, 5) is 55.6. The number of aromatic nitrogens is 1. The lowest BCUT2D eigenvalue weighted by Crippen LogP contribution is -2.36. The smallest absolute Gasteiger partial charge is 0.348 e. The van der Waals surface area contributed by atoms with Crippen molar-refractivity contribution in [3.63, 3.8) is 0 Å². The van der Waals surface area contributed by atoms with Crippen LogP contribution in [0.15, 0.2) is 30.9 Å². The molecule has 0 aliphatic heterocycles. The van der Waals surface area contributed by atoms with Crippen LogP contribution in [0.3, 0.4) is 0 Å². The average molecular weight is 489 g/mol. The lowest BCUT2D eigenvalue weighted by Gasteiger charge is -2.16. The molecule has 0 saturated carbocycles. The number of aryl methyl sites for hydroxylation is 1. The van der Waals surface area contributed by atoms with Crippen LogP contribution in [0.1, 0.15) is 38.2 Å². The third-order valence-corrected chi connectivity index (χ3v) is 5.57. The van der Waals surface area contributed by atoms with Crippen LogP contribution in [0.25, 0.3) is 0 Å². The molecule has 0 radical (unpaired) electrons. The standard InChI is InChI=1S/C23H28N4O6S/c1-6-11-33-23(31)20-15(4)19(22(30)32-7-2)21(34-20)26-18(29)13-27(5)12-17(28)25-16-10-8-9-14(3)24-16/h6,8-10H,1,7,11-13H2,2-5H3,(H,26,29)(H,24,25,28). The number of ether oxygens (including phenoxy) is 2. The maximum Gasteiger partial charge on any atom is 0.348 e. The number of hydrogen-bond acceptors (Lipinski definition) is 9. The summed E-state index contributed by atoms with van der Waals surface area (Å²) < 4.78 is 10.1. The molecule has 0 spiro atoms. The lowest BCUT2D eigenvalue weighted by molar-refractivity contribution is -0.119. The lowest BCUT2D eigenvalue weighted by atomic mass is 10.1. The zero-order valence-electron chi connectivity index (χ0n) is 19.6. The van der Waals surface area contributed by atoms with Gasteiger partial charge in [0, 0.05) is 5.69 Å². The van der Waals surface area contributed by atoms with Gasteiger partial charge in [0.25, 0.3) is 0 Å². The van der Waals surface area contributed by atoms with Crippen molar-refractivity contribution in [2.75, 3.05) is 44.0 Å². The van der Waals surface area contributed by atoms with Gasteiger partial charge in [0.05, 0.1) is 25.3 Å². The van der Waals surface area contributed by atoms with E-state index in [-0.39, 0.29) is 47.7 Å². The number of nitrogens with zero attached hydrogens (tertiary/aromatic N) is 2. The molecule has 0 aliphatic carbocycles. The number of rotatable bonds is 11. The molecule has 34 heavy (non-hydrogen) atoms. The van der Waals surface area contributed by atoms with Crippen LogP contribution in [-0.4, -0.2) is 67.0 Å². The Bertz CT molecular complexity index is 1080. The molecule has 2 aromatic rings. The van der Waals surface area contributed by atoms with Gasteiger partial charge in [-0.2, -0.15) is 0 Å². The van der Waals surface area contributed by atoms with Crippen molar-refractivity contribution in [2.45, 2.75) is 20.8 Å². The summed E-state index contributed by atoms with van der Waals surface area (Å²) in [5, 5.41) is 5.50. The van der Waals surface area contributed by atoms with E-state index in [0.29, 0.717) is 11.4 Å². The van der Waals surface area contributed by atoms with Crippen LogP contribution in [0.5, 0.6) is 0 Å². The highest BCUT2D eigenvalue weighted by atomic mass is 32.1. The van der Waals surface area contributed by atoms with E-state index in [1.807, 2.05) is 13.0 Å². The van der Waals surface area contributed by atoms with Gasteiger partial charge in [0.15, 0.2) is 0 Å². The van der Waals surface area contributed by atoms with Gasteiger partial charge in [-0.15, -0.1) is 11.3 Å². The second-order valence-electron chi connectivity index (χ2n) is 7.30. The largest absolute Gasteiger partial charge is 0.462 e. The second-order valence-corrected chi connectivity index (χ2v) is 8.32. The van der Waals surface area contributed by atoms with Crippen molar-refractivity contribution in [1.29, 1.82) is 0 Å². The molecular formula is C23H28N4O6S. The minimum Gasteiger partial charge on any atom is -0.462 e. The summed E-state index contributed by atoms with van der Waals surface area (Å²) in [6.07, 6.45) is 1.43. The Kier molecular flexibility index (Phi) is 9.90. The van der Waals surface area contributed by atoms with E-state index >= 15 is 0 Å². The third-order valence-electron chi connectivity index (χ3n) is 4.38. The van der Waals surface area contributed by atoms with Crippen LogP contribution >= 0.6 is 11.3 Å². The van der Waals surface area contributed by atoms with Crippen LogP contribution in [0.2, 0.25) is 0 Å². The number of thiophene rings is 1. The average Bonchev–Trinajstić information content (AvgIpc) is 3.07. The molecule has 2 heterocycles. The van der Waals surface area contributed by atoms with E-state index in [2.05, 4.69) is 22.2 Å². The third kappa shape index (κ3) is 7.49. The molecule has 2 N–H and O–H groups in total. The minimum absolute atomic E-state index is 0.0114. The molecule has 10 nitrogen and oxygen atoms in total. The highest BCUT2D eigenvalue weighted by molar-refractivity contribution is 7.18. The summed E-state index contributed by atoms with van der Waals surface area (Å²) in [7, 11) is 1.60. The minimum atomic E-state index is -0.660. The van der Waals surface area contributed by atoms with Crippen LogP contribution in [0.4, 0.5) is 10.8 Å². The zero-order chi connectivity index (χ0) is 25.3. The number of nitrogens with one attached hydrogen (secondary N) is 2. The summed E-state index contributed by atoms with van der Waals surface area (Å²) in [6.45, 7) is 8.50. The Hall–Kier alpha value is -3.57. The zero-order valence-corrected chi connectivity index (χ0v) is 20.4. The fourth-order valence-corrected chi connectivity index (χ4v) is 4.06. The topological polar surface area (TPSA) is 127 Å². The molecule has 0 atom stereocenters. The Balaban J connectivity index is 2.08. The second kappa shape index (κ2) is 12.6. The van der Waals surface area contributed by atoms with E-state index in [1.54, 1.807) is 33.0 Å². The van der Waals surface area contributed by atoms with Gasteiger partial charge in [-0.05, 0) is 45.5 Å². The van der Waals surface area contributed by atoms with E-state index < -0.39 is 17.8 Å². The Morgan fingerprint density at radius 2 is 1.76 bits per heavy atom. The number of esters is 2. The molecule has 0 bridgehead atoms. The Morgan fingerprint density at radius 1 is 1.09 bits per heavy atom. The monoisotopic (exact) mass is 488 g/mol. The quantitative estimate of drug-likeness (QED) is 0.365. The normalized spacial score (nSPS) is 10.5. The van der Waals surface area contributed by atoms with E-state index in [4.69, 9.17) is 9.47 Å². The number of amides is 2. The first-order valence-electron chi connectivity index (χ1n) is 10.5. The van der Waals surface area contributed by atoms with Gasteiger partial charge in [0.2, 0.25) is 11.8 Å². The molecule has 2 amide bonds. The molecule has 0 saturated heterocycles. The van der Waals surface area contributed by atoms with E-state index in [0.717, 1.165) is 17.0 Å². The first-order valence-corrected chi connectivity index (χ1v) is 11.3. The molecule has 0 unspecified atom stereocenters. The van der Waals surface area contributed by atoms with Crippen LogP contribution in [0, 0.1) is 13.8 Å². The highest BCUT2D eigenvalue weighted by Crippen LogP contribution is 2.34. The highest BCUT2D eigenvalue weighted by Gasteiger charge is 2.27. The van der Waals surface area contributed by atoms with Gasteiger partial charge >= 0.3 is 11.9 Å². The SMILES string of the molecule is C=CCOC(=O)c1sc(NC(=O)CN(C)CC(=O)Nc2cccc(C)n2)c(C(=O)OCC)c1C. The number of hydrogen-bond donors (Lipinski definition) is 2. The Morgan fingerprint density at radius 3 is 2.38 bits per heavy atom. The number of carbonyl (C=O) groups is 4. The van der Waals surface area contributed by atoms with Crippen molar-refractivity contribution in [1.82, 2.24) is 9.88 Å². The van der Waals surface area contributed by atoms with Gasteiger partial charge in [-0.25, -0.2) is 14.6 Å². The fourth-order valence-electron chi connectivity index (χ4n) is 2.95. The van der Waals surface area contributed by atoms with Gasteiger partial charge < -0.3 is 20.1 Å². The fraction of sp³-hybridized carbons (Fsp3) is 0.348. The van der Waals surface area contributed by atoms with Gasteiger partial charge in [0.1, 0.15) is 22.3 Å². The number of likely N-dealkylation sites (N-methyl/N-ethyl adjacent to an activating group) is 1. The molecule has 2 rings (SSSR count). The number of pyridine rings is 1. The van der Waals surface area contributed by atoms with Gasteiger partial charge in [-0.1, -0.05) is 18.7 Å². The first-order chi connectivity index (χ1) is 16.2. The van der Waals surface area contributed by atoms with Crippen molar-refractivity contribution in [3.05, 3.63) is 52.6 Å². The Labute approximate surface area is 202 Å². The maximum absolute atomic E-state index is 12.6. The van der Waals surface area contributed by atoms with Crippen molar-refractivity contribution >= 4 is 45.9 Å². The van der Waals surface area contributed by atoms with E-state index in [1.165, 1.54) is 11.0 Å². The summed E-state index contributed by atoms with van der Waals surface area (Å²) in [6, 6.07) is 5.26. The van der Waals surface area contributed by atoms with Crippen molar-refractivity contribution in [3.8, 4) is 0 Å². The maximum atomic E-state index is 12.6. The van der Waals surface area contributed by atoms with Crippen molar-refractivity contribution in [2.24, 2.45) is 0 Å². The molecule has 0 aromatic carbocycles. The summed E-state index contributed by atoms with van der Waals surface area (Å²) in [5.41, 5.74) is 1.21. The molecule has 0 aliphatic rings. The van der Waals surface area contributed by atoms with Crippen molar-refractivity contribution < 1.29 is 28.7 Å². The molecule has 182 valence electrons. The molecular weight excluding hydrogens is 460 g/mol. The predicted molar refractivity (Wildman–Crippen MR) is 129 cm³/mol. The van der Waals surface area contributed by atoms with Gasteiger partial charge in [-0.3, -0.25) is 14.5 Å². The molecule has 2 aromatic heterocycles. The summed E-state index contributed by atoms with van der Waals surface area (Å²) in [5.74, 6) is -1.67. The summed E-state index contributed by atoms with van der Waals surface area (Å²) >= 11 is 0.924. The molecule has 11 heteroatoms. The predicted octanol–water partition coefficient (Wildman–Crippen LogP) is 2.79. The van der Waals surface area contributed by atoms with Crippen LogP contribution in [-0.2, 0) is 19.1 Å². The van der Waals surface area contributed by atoms with Crippen LogP contribution < -0.4 is 10.6 Å². The number of carbonyl (C=O) groups excluding carboxylic acids is 4. The van der Waals surface area contributed by atoms with E-state index in [9.17, 15) is 19.2 Å².